The van der Waals surface area contributed by atoms with Crippen LogP contribution in [0.25, 0.3) is 0 Å². The monoisotopic (exact) mass is 300 g/mol. The average molecular weight is 301 g/mol. The molecule has 0 aromatic heterocycles. The zero-order valence-electron chi connectivity index (χ0n) is 14.6. The second kappa shape index (κ2) is 7.01. The Hall–Kier alpha value is -0.453. The molecule has 4 heteroatoms. The smallest absolute Gasteiger partial charge is 0.185 e. The van der Waals surface area contributed by atoms with Gasteiger partial charge in [0.1, 0.15) is 5.60 Å². The fourth-order valence-electron chi connectivity index (χ4n) is 2.60. The Labute approximate surface area is 125 Å². The number of hydrogen-bond acceptors (Lipinski definition) is 3. The maximum absolute atomic E-state index is 12.6. The second-order valence-electron chi connectivity index (χ2n) is 7.47. The highest BCUT2D eigenvalue weighted by molar-refractivity contribution is 6.70. The number of aliphatic hydroxyl groups excluding tert-OH is 1. The molecule has 0 aliphatic carbocycles. The quantitative estimate of drug-likeness (QED) is 0.575. The van der Waals surface area contributed by atoms with E-state index in [4.69, 9.17) is 4.43 Å². The summed E-state index contributed by atoms with van der Waals surface area (Å²) in [7, 11) is -1.80. The molecule has 0 unspecified atom stereocenters. The zero-order valence-corrected chi connectivity index (χ0v) is 15.6. The maximum atomic E-state index is 12.6. The van der Waals surface area contributed by atoms with Gasteiger partial charge in [0, 0.05) is 11.8 Å². The molecular weight excluding hydrogens is 268 g/mol. The van der Waals surface area contributed by atoms with Crippen LogP contribution in [-0.2, 0) is 9.22 Å². The van der Waals surface area contributed by atoms with Gasteiger partial charge in [-0.25, -0.2) is 0 Å². The number of carbonyl (C=O) groups is 1. The SMILES string of the molecule is CC(C)=C[C@H](C)[C@@H](O)[C@H](C)C(=O)C(C)(C)O[Si](C)(C)C. The van der Waals surface area contributed by atoms with Crippen LogP contribution < -0.4 is 0 Å². The van der Waals surface area contributed by atoms with Crippen LogP contribution >= 0.6 is 0 Å². The molecule has 0 amide bonds. The number of ketones is 1. The molecule has 0 radical (unpaired) electrons. The van der Waals surface area contributed by atoms with E-state index in [9.17, 15) is 9.90 Å². The predicted molar refractivity (Wildman–Crippen MR) is 87.3 cm³/mol. The van der Waals surface area contributed by atoms with Crippen molar-refractivity contribution in [1.82, 2.24) is 0 Å². The topological polar surface area (TPSA) is 46.5 Å². The summed E-state index contributed by atoms with van der Waals surface area (Å²) in [4.78, 5) is 12.6. The molecule has 0 heterocycles. The Morgan fingerprint density at radius 2 is 1.65 bits per heavy atom. The van der Waals surface area contributed by atoms with Crippen LogP contribution in [0.15, 0.2) is 11.6 Å². The van der Waals surface area contributed by atoms with Gasteiger partial charge in [0.15, 0.2) is 14.1 Å². The van der Waals surface area contributed by atoms with Crippen molar-refractivity contribution in [2.24, 2.45) is 11.8 Å². The number of carbonyl (C=O) groups excluding carboxylic acids is 1. The molecule has 0 spiro atoms. The molecule has 3 atom stereocenters. The first-order valence-electron chi connectivity index (χ1n) is 7.35. The van der Waals surface area contributed by atoms with Gasteiger partial charge in [-0.15, -0.1) is 0 Å². The fourth-order valence-corrected chi connectivity index (χ4v) is 4.23. The largest absolute Gasteiger partial charge is 0.406 e. The van der Waals surface area contributed by atoms with Crippen LogP contribution in [0.1, 0.15) is 41.5 Å². The molecule has 20 heavy (non-hydrogen) atoms. The predicted octanol–water partition coefficient (Wildman–Crippen LogP) is 3.78. The molecule has 0 rings (SSSR count). The fraction of sp³-hybridized carbons (Fsp3) is 0.812. The molecule has 0 aromatic rings. The van der Waals surface area contributed by atoms with E-state index in [1.165, 1.54) is 0 Å². The van der Waals surface area contributed by atoms with E-state index < -0.39 is 25.9 Å². The Morgan fingerprint density at radius 3 is 2.00 bits per heavy atom. The van der Waals surface area contributed by atoms with Gasteiger partial charge >= 0.3 is 0 Å². The van der Waals surface area contributed by atoms with E-state index in [1.807, 2.05) is 40.7 Å². The van der Waals surface area contributed by atoms with Crippen LogP contribution in [0, 0.1) is 11.8 Å². The van der Waals surface area contributed by atoms with E-state index in [0.29, 0.717) is 0 Å². The van der Waals surface area contributed by atoms with Crippen molar-refractivity contribution >= 4 is 14.1 Å². The van der Waals surface area contributed by atoms with Gasteiger partial charge in [-0.3, -0.25) is 4.79 Å². The lowest BCUT2D eigenvalue weighted by Gasteiger charge is -2.35. The molecule has 0 aromatic carbocycles. The molecule has 118 valence electrons. The number of rotatable bonds is 7. The lowest BCUT2D eigenvalue weighted by Crippen LogP contribution is -2.49. The van der Waals surface area contributed by atoms with Crippen molar-refractivity contribution in [3.05, 3.63) is 11.6 Å². The highest BCUT2D eigenvalue weighted by Crippen LogP contribution is 2.26. The van der Waals surface area contributed by atoms with Crippen LogP contribution in [0.3, 0.4) is 0 Å². The van der Waals surface area contributed by atoms with Crippen molar-refractivity contribution in [3.63, 3.8) is 0 Å². The van der Waals surface area contributed by atoms with Crippen LogP contribution in [0.5, 0.6) is 0 Å². The zero-order chi connectivity index (χ0) is 16.3. The Bertz CT molecular complexity index is 362. The standard InChI is InChI=1S/C16H32O3Si/c1-11(2)10-12(3)14(17)13(4)15(18)16(5,6)19-20(7,8)9/h10,12-14,17H,1-9H3/t12-,13-,14+/m0/s1. The first-order valence-corrected chi connectivity index (χ1v) is 10.8. The summed E-state index contributed by atoms with van der Waals surface area (Å²) < 4.78 is 5.98. The average Bonchev–Trinajstić information content (AvgIpc) is 2.21. The molecule has 0 bridgehead atoms. The van der Waals surface area contributed by atoms with Crippen molar-refractivity contribution in [3.8, 4) is 0 Å². The molecule has 0 saturated carbocycles. The molecule has 0 aliphatic rings. The highest BCUT2D eigenvalue weighted by Gasteiger charge is 2.39. The normalized spacial score (nSPS) is 17.3. The van der Waals surface area contributed by atoms with Crippen molar-refractivity contribution in [2.75, 3.05) is 0 Å². The summed E-state index contributed by atoms with van der Waals surface area (Å²) in [6.07, 6.45) is 1.32. The minimum absolute atomic E-state index is 0.0265. The first-order chi connectivity index (χ1) is 8.78. The van der Waals surface area contributed by atoms with E-state index >= 15 is 0 Å². The summed E-state index contributed by atoms with van der Waals surface area (Å²) in [6, 6.07) is 0. The van der Waals surface area contributed by atoms with Gasteiger partial charge in [-0.05, 0) is 47.3 Å². The number of aliphatic hydroxyl groups is 1. The van der Waals surface area contributed by atoms with Crippen molar-refractivity contribution in [1.29, 1.82) is 0 Å². The van der Waals surface area contributed by atoms with E-state index in [1.54, 1.807) is 6.92 Å². The van der Waals surface area contributed by atoms with E-state index in [-0.39, 0.29) is 11.7 Å². The van der Waals surface area contributed by atoms with Crippen LogP contribution in [0.4, 0.5) is 0 Å². The van der Waals surface area contributed by atoms with Crippen LogP contribution in [0.2, 0.25) is 19.6 Å². The summed E-state index contributed by atoms with van der Waals surface area (Å²) >= 11 is 0. The number of allylic oxidation sites excluding steroid dienone is 1. The van der Waals surface area contributed by atoms with Gasteiger partial charge in [0.05, 0.1) is 6.10 Å². The summed E-state index contributed by atoms with van der Waals surface area (Å²) in [6.45, 7) is 17.5. The van der Waals surface area contributed by atoms with Gasteiger partial charge in [-0.2, -0.15) is 0 Å². The van der Waals surface area contributed by atoms with Gasteiger partial charge < -0.3 is 9.53 Å². The molecule has 3 nitrogen and oxygen atoms in total. The summed E-state index contributed by atoms with van der Waals surface area (Å²) in [5.74, 6) is -0.505. The van der Waals surface area contributed by atoms with E-state index in [2.05, 4.69) is 19.6 Å². The lowest BCUT2D eigenvalue weighted by atomic mass is 9.84. The Kier molecular flexibility index (Phi) is 6.85. The van der Waals surface area contributed by atoms with Gasteiger partial charge in [-0.1, -0.05) is 25.5 Å². The van der Waals surface area contributed by atoms with Crippen LogP contribution in [-0.4, -0.2) is 30.9 Å². The molecule has 0 fully saturated rings. The highest BCUT2D eigenvalue weighted by atomic mass is 28.4. The number of Topliss-reactive ketones (excluding diaryl/α,β-unsaturated/α-hetero) is 1. The first kappa shape index (κ1) is 19.5. The maximum Gasteiger partial charge on any atom is 0.185 e. The minimum Gasteiger partial charge on any atom is -0.406 e. The molecular formula is C16H32O3Si. The molecule has 0 saturated heterocycles. The third-order valence-electron chi connectivity index (χ3n) is 3.22. The second-order valence-corrected chi connectivity index (χ2v) is 11.9. The Balaban J connectivity index is 4.97. The minimum atomic E-state index is -1.80. The number of hydrogen-bond donors (Lipinski definition) is 1. The van der Waals surface area contributed by atoms with E-state index in [0.717, 1.165) is 5.57 Å². The summed E-state index contributed by atoms with van der Waals surface area (Å²) in [5, 5.41) is 10.4. The van der Waals surface area contributed by atoms with Gasteiger partial charge in [0.2, 0.25) is 0 Å². The molecule has 1 N–H and O–H groups in total. The molecule has 0 aliphatic heterocycles. The van der Waals surface area contributed by atoms with Gasteiger partial charge in [0.25, 0.3) is 0 Å². The Morgan fingerprint density at radius 1 is 1.20 bits per heavy atom. The van der Waals surface area contributed by atoms with Crippen molar-refractivity contribution < 1.29 is 14.3 Å². The lowest BCUT2D eigenvalue weighted by molar-refractivity contribution is -0.140. The third kappa shape index (κ3) is 6.33. The van der Waals surface area contributed by atoms with Crippen molar-refractivity contribution in [2.45, 2.75) is 72.9 Å². The summed E-state index contributed by atoms with van der Waals surface area (Å²) in [5.41, 5.74) is 0.309. The third-order valence-corrected chi connectivity index (χ3v) is 4.34.